The number of hydrogen-bond acceptors (Lipinski definition) is 7. The zero-order chi connectivity index (χ0) is 22.9. The van der Waals surface area contributed by atoms with Gasteiger partial charge >= 0.3 is 0 Å². The average molecular weight is 456 g/mol. The first kappa shape index (κ1) is 23.3. The van der Waals surface area contributed by atoms with Gasteiger partial charge in [0.05, 0.1) is 17.3 Å². The van der Waals surface area contributed by atoms with E-state index in [4.69, 9.17) is 4.74 Å². The van der Waals surface area contributed by atoms with Crippen LogP contribution in [-0.2, 0) is 11.3 Å². The van der Waals surface area contributed by atoms with Crippen LogP contribution in [0.15, 0.2) is 53.7 Å². The lowest BCUT2D eigenvalue weighted by molar-refractivity contribution is -0.383. The molecule has 10 heteroatoms. The summed E-state index contributed by atoms with van der Waals surface area (Å²) in [7, 11) is 0. The number of nitrogens with zero attached hydrogens (tertiary/aromatic N) is 4. The van der Waals surface area contributed by atoms with Gasteiger partial charge in [0.2, 0.25) is 5.91 Å². The van der Waals surface area contributed by atoms with Crippen molar-refractivity contribution in [3.8, 4) is 17.1 Å². The van der Waals surface area contributed by atoms with Crippen molar-refractivity contribution in [2.75, 3.05) is 17.7 Å². The minimum absolute atomic E-state index is 0.0500. The first-order valence-electron chi connectivity index (χ1n) is 10.4. The molecule has 1 aromatic heterocycles. The van der Waals surface area contributed by atoms with Gasteiger partial charge in [-0.15, -0.1) is 10.2 Å². The number of anilines is 1. The number of amides is 1. The number of carbonyl (C=O) groups is 1. The van der Waals surface area contributed by atoms with Gasteiger partial charge in [0, 0.05) is 18.2 Å². The van der Waals surface area contributed by atoms with Gasteiger partial charge in [0.25, 0.3) is 5.69 Å². The van der Waals surface area contributed by atoms with E-state index in [1.165, 1.54) is 23.9 Å². The Labute approximate surface area is 190 Å². The predicted molar refractivity (Wildman–Crippen MR) is 124 cm³/mol. The molecule has 0 aliphatic rings. The van der Waals surface area contributed by atoms with E-state index < -0.39 is 4.92 Å². The topological polar surface area (TPSA) is 112 Å². The van der Waals surface area contributed by atoms with Crippen LogP contribution >= 0.6 is 11.8 Å². The van der Waals surface area contributed by atoms with Crippen molar-refractivity contribution in [2.24, 2.45) is 0 Å². The minimum atomic E-state index is -0.525. The number of carbonyl (C=O) groups excluding carboxylic acids is 1. The van der Waals surface area contributed by atoms with Crippen LogP contribution in [0.2, 0.25) is 0 Å². The molecule has 0 fully saturated rings. The van der Waals surface area contributed by atoms with Gasteiger partial charge in [0.1, 0.15) is 11.4 Å². The molecular formula is C22H25N5O4S. The third-order valence-electron chi connectivity index (χ3n) is 4.62. The fourth-order valence-corrected chi connectivity index (χ4v) is 3.79. The molecule has 0 spiro atoms. The highest BCUT2D eigenvalue weighted by Gasteiger charge is 2.17. The molecule has 168 valence electrons. The quantitative estimate of drug-likeness (QED) is 0.192. The normalized spacial score (nSPS) is 10.7. The summed E-state index contributed by atoms with van der Waals surface area (Å²) in [5.74, 6) is 1.21. The Morgan fingerprint density at radius 1 is 1.16 bits per heavy atom. The van der Waals surface area contributed by atoms with Gasteiger partial charge in [0.15, 0.2) is 11.0 Å². The van der Waals surface area contributed by atoms with Gasteiger partial charge in [-0.05, 0) is 43.7 Å². The maximum absolute atomic E-state index is 12.4. The summed E-state index contributed by atoms with van der Waals surface area (Å²) in [5, 5.41) is 22.8. The molecule has 9 nitrogen and oxygen atoms in total. The molecule has 0 saturated heterocycles. The molecule has 0 atom stereocenters. The van der Waals surface area contributed by atoms with Crippen LogP contribution in [-0.4, -0.2) is 38.0 Å². The molecule has 1 heterocycles. The van der Waals surface area contributed by atoms with E-state index in [2.05, 4.69) is 22.4 Å². The second kappa shape index (κ2) is 11.3. The lowest BCUT2D eigenvalue weighted by atomic mass is 10.2. The molecule has 0 aliphatic carbocycles. The zero-order valence-electron chi connectivity index (χ0n) is 18.0. The van der Waals surface area contributed by atoms with Crippen LogP contribution in [0.5, 0.6) is 5.75 Å². The maximum atomic E-state index is 12.4. The van der Waals surface area contributed by atoms with Crippen molar-refractivity contribution in [3.63, 3.8) is 0 Å². The van der Waals surface area contributed by atoms with Crippen molar-refractivity contribution in [2.45, 2.75) is 38.4 Å². The van der Waals surface area contributed by atoms with Crippen LogP contribution < -0.4 is 10.1 Å². The summed E-state index contributed by atoms with van der Waals surface area (Å²) in [5.41, 5.74) is 0.923. The van der Waals surface area contributed by atoms with E-state index in [9.17, 15) is 14.9 Å². The first-order valence-corrected chi connectivity index (χ1v) is 11.3. The number of ether oxygens (including phenoxy) is 1. The fraction of sp³-hybridized carbons (Fsp3) is 0.318. The number of benzene rings is 2. The number of hydrogen-bond donors (Lipinski definition) is 1. The third kappa shape index (κ3) is 5.85. The number of thioether (sulfide) groups is 1. The number of para-hydroxylation sites is 2. The van der Waals surface area contributed by atoms with Crippen LogP contribution in [0.4, 0.5) is 11.4 Å². The first-order chi connectivity index (χ1) is 15.5. The minimum Gasteiger partial charge on any atom is -0.494 e. The summed E-state index contributed by atoms with van der Waals surface area (Å²) in [6, 6.07) is 13.7. The zero-order valence-corrected chi connectivity index (χ0v) is 18.8. The Bertz CT molecular complexity index is 1070. The standard InChI is InChI=1S/C22H25N5O4S/c1-3-5-14-31-17-12-10-16(11-13-17)21-24-25-22(26(21)4-2)32-15-20(28)23-18-8-6-7-9-19(18)27(29)30/h6-13H,3-5,14-15H2,1-2H3,(H,23,28). The van der Waals surface area contributed by atoms with E-state index in [1.54, 1.807) is 12.1 Å². The van der Waals surface area contributed by atoms with Crippen LogP contribution in [0.25, 0.3) is 11.4 Å². The number of nitro groups is 1. The second-order valence-electron chi connectivity index (χ2n) is 6.89. The number of rotatable bonds is 11. The number of unbranched alkanes of at least 4 members (excludes halogenated alkanes) is 1. The highest BCUT2D eigenvalue weighted by atomic mass is 32.2. The molecule has 0 unspecified atom stereocenters. The summed E-state index contributed by atoms with van der Waals surface area (Å²) >= 11 is 1.23. The molecule has 32 heavy (non-hydrogen) atoms. The van der Waals surface area contributed by atoms with Crippen LogP contribution in [0, 0.1) is 10.1 Å². The van der Waals surface area contributed by atoms with Crippen LogP contribution in [0.3, 0.4) is 0 Å². The van der Waals surface area contributed by atoms with E-state index in [1.807, 2.05) is 35.8 Å². The SMILES string of the molecule is CCCCOc1ccc(-c2nnc(SCC(=O)Nc3ccccc3[N+](=O)[O-])n2CC)cc1. The summed E-state index contributed by atoms with van der Waals surface area (Å²) < 4.78 is 7.63. The van der Waals surface area contributed by atoms with E-state index in [0.29, 0.717) is 24.1 Å². The fourth-order valence-electron chi connectivity index (χ4n) is 2.98. The Morgan fingerprint density at radius 3 is 2.59 bits per heavy atom. The lowest BCUT2D eigenvalue weighted by Crippen LogP contribution is -2.15. The number of aromatic nitrogens is 3. The largest absolute Gasteiger partial charge is 0.494 e. The Morgan fingerprint density at radius 2 is 1.91 bits per heavy atom. The second-order valence-corrected chi connectivity index (χ2v) is 7.83. The molecule has 3 aromatic rings. The highest BCUT2D eigenvalue weighted by molar-refractivity contribution is 7.99. The molecule has 3 rings (SSSR count). The van der Waals surface area contributed by atoms with Crippen molar-refractivity contribution in [1.82, 2.24) is 14.8 Å². The Balaban J connectivity index is 1.65. The van der Waals surface area contributed by atoms with Crippen molar-refractivity contribution >= 4 is 29.0 Å². The molecule has 0 aliphatic heterocycles. The van der Waals surface area contributed by atoms with Gasteiger partial charge in [-0.3, -0.25) is 14.9 Å². The van der Waals surface area contributed by atoms with Gasteiger partial charge < -0.3 is 14.6 Å². The number of nitro benzene ring substituents is 1. The summed E-state index contributed by atoms with van der Waals surface area (Å²) in [6.07, 6.45) is 2.09. The molecular weight excluding hydrogens is 430 g/mol. The lowest BCUT2D eigenvalue weighted by Gasteiger charge is -2.09. The van der Waals surface area contributed by atoms with Crippen molar-refractivity contribution in [3.05, 3.63) is 58.6 Å². The maximum Gasteiger partial charge on any atom is 0.292 e. The average Bonchev–Trinajstić information content (AvgIpc) is 3.21. The Hall–Kier alpha value is -3.40. The smallest absolute Gasteiger partial charge is 0.292 e. The number of nitrogens with one attached hydrogen (secondary N) is 1. The van der Waals surface area contributed by atoms with Gasteiger partial charge in [-0.2, -0.15) is 0 Å². The highest BCUT2D eigenvalue weighted by Crippen LogP contribution is 2.27. The molecule has 2 aromatic carbocycles. The molecule has 0 saturated carbocycles. The van der Waals surface area contributed by atoms with E-state index in [0.717, 1.165) is 24.2 Å². The predicted octanol–water partition coefficient (Wildman–Crippen LogP) is 4.78. The summed E-state index contributed by atoms with van der Waals surface area (Å²) in [6.45, 7) is 5.42. The molecule has 1 amide bonds. The molecule has 1 N–H and O–H groups in total. The molecule has 0 bridgehead atoms. The van der Waals surface area contributed by atoms with Gasteiger partial charge in [-0.25, -0.2) is 0 Å². The summed E-state index contributed by atoms with van der Waals surface area (Å²) in [4.78, 5) is 22.9. The molecule has 0 radical (unpaired) electrons. The van der Waals surface area contributed by atoms with Gasteiger partial charge in [-0.1, -0.05) is 37.2 Å². The van der Waals surface area contributed by atoms with E-state index >= 15 is 0 Å². The Kier molecular flexibility index (Phi) is 8.20. The monoisotopic (exact) mass is 455 g/mol. The van der Waals surface area contributed by atoms with E-state index in [-0.39, 0.29) is 23.0 Å². The van der Waals surface area contributed by atoms with Crippen molar-refractivity contribution in [1.29, 1.82) is 0 Å². The van der Waals surface area contributed by atoms with Crippen molar-refractivity contribution < 1.29 is 14.5 Å². The van der Waals surface area contributed by atoms with Crippen LogP contribution in [0.1, 0.15) is 26.7 Å². The third-order valence-corrected chi connectivity index (χ3v) is 5.59.